The van der Waals surface area contributed by atoms with Gasteiger partial charge in [-0.2, -0.15) is 0 Å². The molecule has 0 aliphatic heterocycles. The van der Waals surface area contributed by atoms with Crippen molar-refractivity contribution in [3.63, 3.8) is 0 Å². The zero-order chi connectivity index (χ0) is 14.1. The molecule has 0 saturated heterocycles. The first-order chi connectivity index (χ1) is 9.15. The van der Waals surface area contributed by atoms with Gasteiger partial charge < -0.3 is 15.0 Å². The zero-order valence-electron chi connectivity index (χ0n) is 12.4. The zero-order valence-corrected chi connectivity index (χ0v) is 12.4. The largest absolute Gasteiger partial charge is 0.374 e. The number of nitrogens with zero attached hydrogens (tertiary/aromatic N) is 2. The topological polar surface area (TPSA) is 36.9 Å². The van der Waals surface area contributed by atoms with Gasteiger partial charge in [-0.15, -0.1) is 0 Å². The van der Waals surface area contributed by atoms with Crippen LogP contribution in [0.1, 0.15) is 25.0 Å². The van der Waals surface area contributed by atoms with Gasteiger partial charge >= 0.3 is 0 Å². The second-order valence-electron chi connectivity index (χ2n) is 4.65. The second-order valence-corrected chi connectivity index (χ2v) is 4.65. The summed E-state index contributed by atoms with van der Waals surface area (Å²) in [4.78, 5) is 6.12. The Labute approximate surface area is 116 Å². The van der Waals surface area contributed by atoms with E-state index in [1.807, 2.05) is 37.2 Å². The minimum absolute atomic E-state index is 0.148. The number of benzene rings is 1. The number of guanidine groups is 1. The van der Waals surface area contributed by atoms with Crippen molar-refractivity contribution in [2.75, 3.05) is 34.3 Å². The molecule has 0 amide bonds. The molecule has 0 spiro atoms. The van der Waals surface area contributed by atoms with Crippen LogP contribution in [0.5, 0.6) is 0 Å². The van der Waals surface area contributed by atoms with Crippen LogP contribution in [0.25, 0.3) is 0 Å². The fraction of sp³-hybridized carbons (Fsp3) is 0.533. The smallest absolute Gasteiger partial charge is 0.193 e. The highest BCUT2D eigenvalue weighted by molar-refractivity contribution is 5.79. The molecule has 1 aromatic rings. The van der Waals surface area contributed by atoms with Crippen LogP contribution in [-0.2, 0) is 4.74 Å². The van der Waals surface area contributed by atoms with E-state index in [1.54, 1.807) is 7.05 Å². The van der Waals surface area contributed by atoms with Crippen molar-refractivity contribution in [3.05, 3.63) is 35.9 Å². The Balaban J connectivity index is 2.18. The monoisotopic (exact) mass is 263 g/mol. The average Bonchev–Trinajstić information content (AvgIpc) is 2.43. The first kappa shape index (κ1) is 15.5. The van der Waals surface area contributed by atoms with Crippen LogP contribution in [-0.4, -0.2) is 45.2 Å². The van der Waals surface area contributed by atoms with Gasteiger partial charge in [-0.05, 0) is 18.9 Å². The Hall–Kier alpha value is -1.55. The van der Waals surface area contributed by atoms with E-state index in [9.17, 15) is 0 Å². The first-order valence-electron chi connectivity index (χ1n) is 6.69. The minimum Gasteiger partial charge on any atom is -0.374 e. The fourth-order valence-electron chi connectivity index (χ4n) is 1.79. The van der Waals surface area contributed by atoms with E-state index in [0.29, 0.717) is 0 Å². The quantitative estimate of drug-likeness (QED) is 0.486. The van der Waals surface area contributed by atoms with Gasteiger partial charge in [0.05, 0.1) is 6.10 Å². The van der Waals surface area contributed by atoms with Crippen molar-refractivity contribution in [2.24, 2.45) is 4.99 Å². The van der Waals surface area contributed by atoms with E-state index in [-0.39, 0.29) is 6.10 Å². The summed E-state index contributed by atoms with van der Waals surface area (Å²) in [6.07, 6.45) is 1.11. The number of hydrogen-bond donors (Lipinski definition) is 1. The number of hydrogen-bond acceptors (Lipinski definition) is 2. The number of rotatable bonds is 6. The Bertz CT molecular complexity index is 376. The minimum atomic E-state index is 0.148. The third kappa shape index (κ3) is 5.75. The fourth-order valence-corrected chi connectivity index (χ4v) is 1.79. The van der Waals surface area contributed by atoms with Crippen LogP contribution < -0.4 is 5.32 Å². The van der Waals surface area contributed by atoms with Crippen molar-refractivity contribution in [3.8, 4) is 0 Å². The molecular formula is C15H25N3O. The van der Waals surface area contributed by atoms with Gasteiger partial charge in [0, 0.05) is 34.3 Å². The predicted octanol–water partition coefficient (Wildman–Crippen LogP) is 2.29. The standard InChI is InChI=1S/C15H25N3O/c1-13(14-9-6-5-7-10-14)19-12-8-11-17-15(16-2)18(3)4/h5-7,9-10,13H,8,11-12H2,1-4H3,(H,16,17). The molecule has 106 valence electrons. The highest BCUT2D eigenvalue weighted by Gasteiger charge is 2.04. The van der Waals surface area contributed by atoms with Crippen molar-refractivity contribution >= 4 is 5.96 Å². The van der Waals surface area contributed by atoms with E-state index in [1.165, 1.54) is 5.56 Å². The Morgan fingerprint density at radius 1 is 1.32 bits per heavy atom. The van der Waals surface area contributed by atoms with Gasteiger partial charge in [0.2, 0.25) is 0 Å². The molecule has 19 heavy (non-hydrogen) atoms. The maximum absolute atomic E-state index is 5.81. The van der Waals surface area contributed by atoms with Crippen molar-refractivity contribution in [2.45, 2.75) is 19.4 Å². The van der Waals surface area contributed by atoms with Crippen LogP contribution in [0.3, 0.4) is 0 Å². The molecular weight excluding hydrogens is 238 g/mol. The normalized spacial score (nSPS) is 13.2. The Morgan fingerprint density at radius 2 is 2.00 bits per heavy atom. The molecule has 4 heteroatoms. The maximum Gasteiger partial charge on any atom is 0.193 e. The highest BCUT2D eigenvalue weighted by atomic mass is 16.5. The Morgan fingerprint density at radius 3 is 2.58 bits per heavy atom. The molecule has 0 aliphatic rings. The number of nitrogens with one attached hydrogen (secondary N) is 1. The molecule has 0 bridgehead atoms. The predicted molar refractivity (Wildman–Crippen MR) is 80.5 cm³/mol. The molecule has 1 rings (SSSR count). The summed E-state index contributed by atoms with van der Waals surface area (Å²) >= 11 is 0. The Kier molecular flexibility index (Phi) is 6.97. The number of aliphatic imine (C=N–C) groups is 1. The molecule has 1 N–H and O–H groups in total. The van der Waals surface area contributed by atoms with Crippen molar-refractivity contribution < 1.29 is 4.74 Å². The summed E-state index contributed by atoms with van der Waals surface area (Å²) < 4.78 is 5.81. The lowest BCUT2D eigenvalue weighted by Gasteiger charge is -2.17. The maximum atomic E-state index is 5.81. The van der Waals surface area contributed by atoms with Gasteiger partial charge in [-0.1, -0.05) is 30.3 Å². The summed E-state index contributed by atoms with van der Waals surface area (Å²) in [7, 11) is 5.74. The van der Waals surface area contributed by atoms with E-state index < -0.39 is 0 Å². The van der Waals surface area contributed by atoms with E-state index >= 15 is 0 Å². The number of ether oxygens (including phenoxy) is 1. The van der Waals surface area contributed by atoms with Crippen LogP contribution in [0.4, 0.5) is 0 Å². The van der Waals surface area contributed by atoms with Gasteiger partial charge in [-0.3, -0.25) is 4.99 Å². The van der Waals surface area contributed by atoms with E-state index in [0.717, 1.165) is 25.5 Å². The lowest BCUT2D eigenvalue weighted by atomic mass is 10.1. The van der Waals surface area contributed by atoms with Crippen LogP contribution in [0, 0.1) is 0 Å². The molecule has 0 saturated carbocycles. The third-order valence-corrected chi connectivity index (χ3v) is 2.88. The molecule has 0 aliphatic carbocycles. The SMILES string of the molecule is CN=C(NCCCOC(C)c1ccccc1)N(C)C. The van der Waals surface area contributed by atoms with Crippen LogP contribution >= 0.6 is 0 Å². The van der Waals surface area contributed by atoms with Gasteiger partial charge in [0.1, 0.15) is 0 Å². The molecule has 1 atom stereocenters. The summed E-state index contributed by atoms with van der Waals surface area (Å²) in [5.41, 5.74) is 1.22. The van der Waals surface area contributed by atoms with E-state index in [2.05, 4.69) is 29.4 Å². The summed E-state index contributed by atoms with van der Waals surface area (Å²) in [6, 6.07) is 10.3. The van der Waals surface area contributed by atoms with Crippen molar-refractivity contribution in [1.29, 1.82) is 0 Å². The third-order valence-electron chi connectivity index (χ3n) is 2.88. The van der Waals surface area contributed by atoms with Crippen LogP contribution in [0.15, 0.2) is 35.3 Å². The van der Waals surface area contributed by atoms with Gasteiger partial charge in [-0.25, -0.2) is 0 Å². The van der Waals surface area contributed by atoms with Gasteiger partial charge in [0.15, 0.2) is 5.96 Å². The summed E-state index contributed by atoms with van der Waals surface area (Å²) in [5.74, 6) is 0.899. The lowest BCUT2D eigenvalue weighted by Crippen LogP contribution is -2.37. The highest BCUT2D eigenvalue weighted by Crippen LogP contribution is 2.15. The summed E-state index contributed by atoms with van der Waals surface area (Å²) in [6.45, 7) is 3.70. The molecule has 0 heterocycles. The molecule has 0 radical (unpaired) electrons. The van der Waals surface area contributed by atoms with Crippen LogP contribution in [0.2, 0.25) is 0 Å². The van der Waals surface area contributed by atoms with Crippen molar-refractivity contribution in [1.82, 2.24) is 10.2 Å². The molecule has 0 aromatic heterocycles. The summed E-state index contributed by atoms with van der Waals surface area (Å²) in [5, 5.41) is 3.28. The lowest BCUT2D eigenvalue weighted by molar-refractivity contribution is 0.0645. The average molecular weight is 263 g/mol. The second kappa shape index (κ2) is 8.53. The van der Waals surface area contributed by atoms with Gasteiger partial charge in [0.25, 0.3) is 0 Å². The van der Waals surface area contributed by atoms with E-state index in [4.69, 9.17) is 4.74 Å². The molecule has 1 unspecified atom stereocenters. The molecule has 4 nitrogen and oxygen atoms in total. The molecule has 0 fully saturated rings. The molecule has 1 aromatic carbocycles. The first-order valence-corrected chi connectivity index (χ1v) is 6.69.